The number of anilines is 2. The number of benzene rings is 1. The van der Waals surface area contributed by atoms with Crippen LogP contribution in [0.15, 0.2) is 30.6 Å². The molecule has 0 saturated heterocycles. The maximum Gasteiger partial charge on any atom is 0.358 e. The molecule has 0 radical (unpaired) electrons. The van der Waals surface area contributed by atoms with Crippen LogP contribution in [0, 0.1) is 12.7 Å². The number of hydrogen-bond acceptors (Lipinski definition) is 5. The van der Waals surface area contributed by atoms with E-state index < -0.39 is 5.97 Å². The van der Waals surface area contributed by atoms with E-state index in [2.05, 4.69) is 20.0 Å². The Morgan fingerprint density at radius 3 is 2.84 bits per heavy atom. The minimum absolute atomic E-state index is 0.103. The summed E-state index contributed by atoms with van der Waals surface area (Å²) in [5.74, 6) is -0.458. The van der Waals surface area contributed by atoms with E-state index in [0.29, 0.717) is 17.1 Å². The fraction of sp³-hybridized carbons (Fsp3) is 0.154. The maximum atomic E-state index is 13.1. The Bertz CT molecular complexity index is 617. The highest BCUT2D eigenvalue weighted by Gasteiger charge is 2.08. The van der Waals surface area contributed by atoms with Crippen LogP contribution in [0.25, 0.3) is 0 Å². The molecule has 2 aromatic rings. The van der Waals surface area contributed by atoms with Crippen molar-refractivity contribution in [2.75, 3.05) is 12.4 Å². The number of rotatable bonds is 3. The van der Waals surface area contributed by atoms with Crippen LogP contribution >= 0.6 is 0 Å². The Kier molecular flexibility index (Phi) is 3.70. The van der Waals surface area contributed by atoms with Crippen molar-refractivity contribution in [3.63, 3.8) is 0 Å². The number of carbonyl (C=O) groups is 1. The van der Waals surface area contributed by atoms with Gasteiger partial charge in [-0.15, -0.1) is 0 Å². The topological polar surface area (TPSA) is 64.1 Å². The average Bonchev–Trinajstić information content (AvgIpc) is 2.42. The lowest BCUT2D eigenvalue weighted by atomic mass is 10.2. The fourth-order valence-electron chi connectivity index (χ4n) is 1.50. The second kappa shape index (κ2) is 5.43. The van der Waals surface area contributed by atoms with Gasteiger partial charge in [0.25, 0.3) is 0 Å². The van der Waals surface area contributed by atoms with Crippen molar-refractivity contribution in [3.05, 3.63) is 47.7 Å². The molecule has 0 atom stereocenters. The summed E-state index contributed by atoms with van der Waals surface area (Å²) in [6.07, 6.45) is 2.78. The van der Waals surface area contributed by atoms with E-state index in [4.69, 9.17) is 0 Å². The first kappa shape index (κ1) is 12.9. The van der Waals surface area contributed by atoms with Crippen molar-refractivity contribution in [2.45, 2.75) is 6.92 Å². The Hall–Kier alpha value is -2.50. The van der Waals surface area contributed by atoms with Gasteiger partial charge in [0.1, 0.15) is 11.6 Å². The number of aromatic nitrogens is 2. The van der Waals surface area contributed by atoms with Crippen LogP contribution in [0.4, 0.5) is 15.9 Å². The lowest BCUT2D eigenvalue weighted by Gasteiger charge is -2.07. The van der Waals surface area contributed by atoms with Crippen LogP contribution < -0.4 is 5.32 Å². The molecule has 0 aliphatic rings. The van der Waals surface area contributed by atoms with Crippen molar-refractivity contribution < 1.29 is 13.9 Å². The summed E-state index contributed by atoms with van der Waals surface area (Å²) in [4.78, 5) is 19.3. The number of halogens is 1. The fourth-order valence-corrected chi connectivity index (χ4v) is 1.50. The van der Waals surface area contributed by atoms with E-state index in [1.165, 1.54) is 25.6 Å². The zero-order chi connectivity index (χ0) is 13.8. The molecule has 5 nitrogen and oxygen atoms in total. The van der Waals surface area contributed by atoms with E-state index in [1.54, 1.807) is 19.1 Å². The SMILES string of the molecule is COC(=O)c1cncc(Nc2ccc(F)c(C)c2)n1. The van der Waals surface area contributed by atoms with Gasteiger partial charge in [-0.3, -0.25) is 4.98 Å². The summed E-state index contributed by atoms with van der Waals surface area (Å²) in [7, 11) is 1.27. The lowest BCUT2D eigenvalue weighted by Crippen LogP contribution is -2.06. The Balaban J connectivity index is 2.23. The summed E-state index contributed by atoms with van der Waals surface area (Å²) in [6.45, 7) is 1.66. The first-order valence-corrected chi connectivity index (χ1v) is 5.53. The van der Waals surface area contributed by atoms with Crippen LogP contribution in [-0.2, 0) is 4.74 Å². The number of aryl methyl sites for hydroxylation is 1. The second-order valence-electron chi connectivity index (χ2n) is 3.87. The monoisotopic (exact) mass is 261 g/mol. The smallest absolute Gasteiger partial charge is 0.358 e. The van der Waals surface area contributed by atoms with E-state index in [-0.39, 0.29) is 11.5 Å². The standard InChI is InChI=1S/C13H12FN3O2/c1-8-5-9(3-4-10(8)14)16-12-7-15-6-11(17-12)13(18)19-2/h3-7H,1-2H3,(H,16,17). The number of hydrogen-bond donors (Lipinski definition) is 1. The van der Waals surface area contributed by atoms with Gasteiger partial charge in [-0.25, -0.2) is 14.2 Å². The Morgan fingerprint density at radius 2 is 2.16 bits per heavy atom. The summed E-state index contributed by atoms with van der Waals surface area (Å²) in [6, 6.07) is 4.58. The molecule has 1 heterocycles. The second-order valence-corrected chi connectivity index (χ2v) is 3.87. The first-order chi connectivity index (χ1) is 9.10. The van der Waals surface area contributed by atoms with Crippen molar-refractivity contribution >= 4 is 17.5 Å². The lowest BCUT2D eigenvalue weighted by molar-refractivity contribution is 0.0593. The Labute approximate surface area is 109 Å². The third kappa shape index (κ3) is 3.04. The molecule has 0 amide bonds. The summed E-state index contributed by atoms with van der Waals surface area (Å²) < 4.78 is 17.7. The molecule has 0 aliphatic heterocycles. The van der Waals surface area contributed by atoms with Gasteiger partial charge in [0, 0.05) is 5.69 Å². The van der Waals surface area contributed by atoms with E-state index >= 15 is 0 Å². The summed E-state index contributed by atoms with van der Waals surface area (Å²) in [5.41, 5.74) is 1.28. The molecule has 0 saturated carbocycles. The van der Waals surface area contributed by atoms with Crippen molar-refractivity contribution in [3.8, 4) is 0 Å². The number of ether oxygens (including phenoxy) is 1. The van der Waals surface area contributed by atoms with Crippen LogP contribution in [0.2, 0.25) is 0 Å². The van der Waals surface area contributed by atoms with Gasteiger partial charge < -0.3 is 10.1 Å². The highest BCUT2D eigenvalue weighted by molar-refractivity contribution is 5.87. The highest BCUT2D eigenvalue weighted by atomic mass is 19.1. The number of carbonyl (C=O) groups excluding carboxylic acids is 1. The molecule has 98 valence electrons. The molecule has 0 unspecified atom stereocenters. The average molecular weight is 261 g/mol. The molecule has 19 heavy (non-hydrogen) atoms. The number of esters is 1. The largest absolute Gasteiger partial charge is 0.464 e. The third-order valence-electron chi connectivity index (χ3n) is 2.46. The van der Waals surface area contributed by atoms with Gasteiger partial charge in [0.15, 0.2) is 5.69 Å². The molecule has 0 aliphatic carbocycles. The molecular weight excluding hydrogens is 249 g/mol. The van der Waals surface area contributed by atoms with Crippen LogP contribution in [0.3, 0.4) is 0 Å². The first-order valence-electron chi connectivity index (χ1n) is 5.53. The number of nitrogens with zero attached hydrogens (tertiary/aromatic N) is 2. The molecule has 0 spiro atoms. The minimum Gasteiger partial charge on any atom is -0.464 e. The van der Waals surface area contributed by atoms with Gasteiger partial charge >= 0.3 is 5.97 Å². The summed E-state index contributed by atoms with van der Waals surface area (Å²) in [5, 5.41) is 2.94. The molecular formula is C13H12FN3O2. The van der Waals surface area contributed by atoms with Crippen molar-refractivity contribution in [1.29, 1.82) is 0 Å². The zero-order valence-corrected chi connectivity index (χ0v) is 10.5. The number of methoxy groups -OCH3 is 1. The van der Waals surface area contributed by atoms with Gasteiger partial charge in [0.2, 0.25) is 0 Å². The van der Waals surface area contributed by atoms with Crippen LogP contribution in [0.1, 0.15) is 16.1 Å². The van der Waals surface area contributed by atoms with Crippen LogP contribution in [-0.4, -0.2) is 23.0 Å². The molecule has 0 bridgehead atoms. The van der Waals surface area contributed by atoms with E-state index in [1.807, 2.05) is 0 Å². The molecule has 1 aromatic heterocycles. The molecule has 1 aromatic carbocycles. The number of nitrogens with one attached hydrogen (secondary N) is 1. The molecule has 0 fully saturated rings. The molecule has 6 heteroatoms. The molecule has 1 N–H and O–H groups in total. The van der Waals surface area contributed by atoms with Crippen molar-refractivity contribution in [1.82, 2.24) is 9.97 Å². The van der Waals surface area contributed by atoms with Gasteiger partial charge in [0.05, 0.1) is 19.5 Å². The Morgan fingerprint density at radius 1 is 1.37 bits per heavy atom. The van der Waals surface area contributed by atoms with Gasteiger partial charge in [-0.1, -0.05) is 0 Å². The van der Waals surface area contributed by atoms with E-state index in [9.17, 15) is 9.18 Å². The highest BCUT2D eigenvalue weighted by Crippen LogP contribution is 2.17. The quantitative estimate of drug-likeness (QED) is 0.860. The minimum atomic E-state index is -0.563. The zero-order valence-electron chi connectivity index (χ0n) is 10.5. The third-order valence-corrected chi connectivity index (χ3v) is 2.46. The normalized spacial score (nSPS) is 10.1. The predicted octanol–water partition coefficient (Wildman–Crippen LogP) is 2.45. The van der Waals surface area contributed by atoms with Gasteiger partial charge in [-0.05, 0) is 30.7 Å². The van der Waals surface area contributed by atoms with Gasteiger partial charge in [-0.2, -0.15) is 0 Å². The maximum absolute atomic E-state index is 13.1. The van der Waals surface area contributed by atoms with E-state index in [0.717, 1.165) is 0 Å². The van der Waals surface area contributed by atoms with Crippen molar-refractivity contribution in [2.24, 2.45) is 0 Å². The predicted molar refractivity (Wildman–Crippen MR) is 67.8 cm³/mol. The van der Waals surface area contributed by atoms with Crippen LogP contribution in [0.5, 0.6) is 0 Å². The summed E-state index contributed by atoms with van der Waals surface area (Å²) >= 11 is 0. The molecule has 2 rings (SSSR count).